The summed E-state index contributed by atoms with van der Waals surface area (Å²) >= 11 is 0. The number of carbonyl (C=O) groups is 2. The minimum atomic E-state index is -0.603. The zero-order chi connectivity index (χ0) is 13.5. The molecule has 2 fully saturated rings. The van der Waals surface area contributed by atoms with Crippen LogP contribution in [0.25, 0.3) is 0 Å². The van der Waals surface area contributed by atoms with Crippen LogP contribution in [-0.2, 0) is 14.3 Å². The first kappa shape index (κ1) is 13.6. The van der Waals surface area contributed by atoms with E-state index in [-0.39, 0.29) is 17.7 Å². The Morgan fingerprint density at radius 3 is 2.28 bits per heavy atom. The highest BCUT2D eigenvalue weighted by atomic mass is 16.6. The number of fused-ring (bicyclic) bond motifs is 2. The van der Waals surface area contributed by atoms with Crippen LogP contribution in [0, 0.1) is 23.7 Å². The van der Waals surface area contributed by atoms with Crippen LogP contribution in [0.5, 0.6) is 0 Å². The van der Waals surface area contributed by atoms with Gasteiger partial charge in [0.1, 0.15) is 17.3 Å². The molecule has 0 N–H and O–H groups in total. The highest BCUT2D eigenvalue weighted by Gasteiger charge is 2.45. The van der Waals surface area contributed by atoms with E-state index in [0.717, 1.165) is 12.3 Å². The van der Waals surface area contributed by atoms with E-state index in [4.69, 9.17) is 4.74 Å². The molecule has 0 aromatic carbocycles. The van der Waals surface area contributed by atoms with E-state index < -0.39 is 11.5 Å². The molecule has 18 heavy (non-hydrogen) atoms. The predicted molar refractivity (Wildman–Crippen MR) is 69.0 cm³/mol. The Morgan fingerprint density at radius 2 is 1.83 bits per heavy atom. The van der Waals surface area contributed by atoms with Crippen molar-refractivity contribution < 1.29 is 14.3 Å². The number of rotatable bonds is 3. The first-order valence-corrected chi connectivity index (χ1v) is 7.04. The Balaban J connectivity index is 1.95. The Bertz CT molecular complexity index is 353. The molecule has 4 atom stereocenters. The number of ether oxygens (including phenoxy) is 1. The van der Waals surface area contributed by atoms with Crippen molar-refractivity contribution in [3.05, 3.63) is 0 Å². The summed E-state index contributed by atoms with van der Waals surface area (Å²) in [5.41, 5.74) is -0.514. The van der Waals surface area contributed by atoms with E-state index in [1.54, 1.807) is 6.92 Å². The molecule has 0 aliphatic heterocycles. The van der Waals surface area contributed by atoms with E-state index in [1.807, 2.05) is 20.8 Å². The van der Waals surface area contributed by atoms with Crippen LogP contribution in [0.2, 0.25) is 0 Å². The summed E-state index contributed by atoms with van der Waals surface area (Å²) in [6, 6.07) is 0. The minimum absolute atomic E-state index is 0.108. The fourth-order valence-electron chi connectivity index (χ4n) is 3.42. The van der Waals surface area contributed by atoms with Crippen molar-refractivity contribution in [1.82, 2.24) is 0 Å². The zero-order valence-corrected chi connectivity index (χ0v) is 11.9. The predicted octanol–water partition coefficient (Wildman–Crippen LogP) is 2.97. The maximum atomic E-state index is 12.4. The largest absolute Gasteiger partial charge is 0.459 e. The van der Waals surface area contributed by atoms with Crippen LogP contribution in [0.15, 0.2) is 0 Å². The average Bonchev–Trinajstić information content (AvgIpc) is 2.86. The Kier molecular flexibility index (Phi) is 3.52. The molecule has 2 saturated carbocycles. The summed E-state index contributed by atoms with van der Waals surface area (Å²) in [5, 5.41) is 0. The van der Waals surface area contributed by atoms with E-state index >= 15 is 0 Å². The molecule has 0 amide bonds. The van der Waals surface area contributed by atoms with Crippen LogP contribution in [-0.4, -0.2) is 17.4 Å². The van der Waals surface area contributed by atoms with Crippen molar-refractivity contribution in [2.45, 2.75) is 59.0 Å². The molecule has 102 valence electrons. The number of hydrogen-bond donors (Lipinski definition) is 0. The number of esters is 1. The highest BCUT2D eigenvalue weighted by Crippen LogP contribution is 2.49. The molecule has 2 aliphatic rings. The van der Waals surface area contributed by atoms with E-state index in [1.165, 1.54) is 19.3 Å². The molecule has 0 spiro atoms. The van der Waals surface area contributed by atoms with E-state index in [9.17, 15) is 9.59 Å². The van der Waals surface area contributed by atoms with E-state index in [2.05, 4.69) is 0 Å². The lowest BCUT2D eigenvalue weighted by Gasteiger charge is -2.25. The molecular weight excluding hydrogens is 228 g/mol. The highest BCUT2D eigenvalue weighted by molar-refractivity contribution is 6.00. The second-order valence-corrected chi connectivity index (χ2v) is 6.94. The molecule has 0 aromatic heterocycles. The first-order chi connectivity index (χ1) is 8.28. The second-order valence-electron chi connectivity index (χ2n) is 6.94. The van der Waals surface area contributed by atoms with Crippen molar-refractivity contribution >= 4 is 11.8 Å². The zero-order valence-electron chi connectivity index (χ0n) is 11.9. The fraction of sp³-hybridized carbons (Fsp3) is 0.867. The van der Waals surface area contributed by atoms with Crippen LogP contribution in [0.4, 0.5) is 0 Å². The van der Waals surface area contributed by atoms with Crippen LogP contribution >= 0.6 is 0 Å². The molecule has 2 rings (SSSR count). The monoisotopic (exact) mass is 252 g/mol. The molecule has 4 unspecified atom stereocenters. The van der Waals surface area contributed by atoms with Gasteiger partial charge in [0.2, 0.25) is 0 Å². The molecule has 3 nitrogen and oxygen atoms in total. The molecule has 0 heterocycles. The third kappa shape index (κ3) is 2.76. The van der Waals surface area contributed by atoms with Crippen molar-refractivity contribution in [3.63, 3.8) is 0 Å². The van der Waals surface area contributed by atoms with Crippen LogP contribution in [0.3, 0.4) is 0 Å². The summed E-state index contributed by atoms with van der Waals surface area (Å²) in [5.74, 6) is 0.522. The summed E-state index contributed by atoms with van der Waals surface area (Å²) in [4.78, 5) is 24.3. The van der Waals surface area contributed by atoms with Crippen LogP contribution < -0.4 is 0 Å². The molecule has 3 heteroatoms. The summed E-state index contributed by atoms with van der Waals surface area (Å²) in [6.45, 7) is 7.20. The van der Waals surface area contributed by atoms with Gasteiger partial charge in [-0.2, -0.15) is 0 Å². The van der Waals surface area contributed by atoms with Crippen molar-refractivity contribution in [3.8, 4) is 0 Å². The number of ketones is 1. The minimum Gasteiger partial charge on any atom is -0.459 e. The quantitative estimate of drug-likeness (QED) is 0.573. The Morgan fingerprint density at radius 1 is 1.17 bits per heavy atom. The van der Waals surface area contributed by atoms with Gasteiger partial charge in [0.15, 0.2) is 0 Å². The third-order valence-electron chi connectivity index (χ3n) is 4.29. The summed E-state index contributed by atoms with van der Waals surface area (Å²) in [6.07, 6.45) is 4.63. The summed E-state index contributed by atoms with van der Waals surface area (Å²) in [7, 11) is 0. The normalized spacial score (nSPS) is 32.3. The van der Waals surface area contributed by atoms with Gasteiger partial charge in [-0.25, -0.2) is 0 Å². The smallest absolute Gasteiger partial charge is 0.316 e. The lowest BCUT2D eigenvalue weighted by Crippen LogP contribution is -2.35. The van der Waals surface area contributed by atoms with Crippen LogP contribution in [0.1, 0.15) is 53.4 Å². The number of carbonyl (C=O) groups excluding carboxylic acids is 2. The van der Waals surface area contributed by atoms with Crippen molar-refractivity contribution in [2.24, 2.45) is 23.7 Å². The van der Waals surface area contributed by atoms with Crippen molar-refractivity contribution in [1.29, 1.82) is 0 Å². The molecule has 0 aromatic rings. The Hall–Kier alpha value is -0.860. The van der Waals surface area contributed by atoms with Gasteiger partial charge in [-0.05, 0) is 58.8 Å². The van der Waals surface area contributed by atoms with Gasteiger partial charge < -0.3 is 4.74 Å². The average molecular weight is 252 g/mol. The molecular formula is C15H24O3. The fourth-order valence-corrected chi connectivity index (χ4v) is 3.42. The second kappa shape index (κ2) is 4.67. The van der Waals surface area contributed by atoms with Gasteiger partial charge in [0.25, 0.3) is 0 Å². The molecule has 2 aliphatic carbocycles. The lowest BCUT2D eigenvalue weighted by atomic mass is 9.81. The SMILES string of the molecule is CC(C(=O)OC(C)(C)C)C(=O)C1CC2CCC1C2. The van der Waals surface area contributed by atoms with Gasteiger partial charge in [0, 0.05) is 5.92 Å². The standard InChI is InChI=1S/C15H24O3/c1-9(14(17)18-15(2,3)4)13(16)12-8-10-5-6-11(12)7-10/h9-12H,5-8H2,1-4H3. The van der Waals surface area contributed by atoms with E-state index in [0.29, 0.717) is 5.92 Å². The van der Waals surface area contributed by atoms with Crippen molar-refractivity contribution in [2.75, 3.05) is 0 Å². The molecule has 0 radical (unpaired) electrons. The lowest BCUT2D eigenvalue weighted by molar-refractivity contribution is -0.162. The van der Waals surface area contributed by atoms with Gasteiger partial charge in [-0.15, -0.1) is 0 Å². The molecule has 0 saturated heterocycles. The first-order valence-electron chi connectivity index (χ1n) is 7.04. The van der Waals surface area contributed by atoms with Gasteiger partial charge in [-0.3, -0.25) is 9.59 Å². The number of Topliss-reactive ketones (excluding diaryl/α,β-unsaturated/α-hetero) is 1. The maximum Gasteiger partial charge on any atom is 0.316 e. The maximum absolute atomic E-state index is 12.4. The third-order valence-corrected chi connectivity index (χ3v) is 4.29. The van der Waals surface area contributed by atoms with Gasteiger partial charge in [0.05, 0.1) is 0 Å². The molecule has 2 bridgehead atoms. The summed E-state index contributed by atoms with van der Waals surface area (Å²) < 4.78 is 5.30. The Labute approximate surface area is 109 Å². The topological polar surface area (TPSA) is 43.4 Å². The van der Waals surface area contributed by atoms with Gasteiger partial charge >= 0.3 is 5.97 Å². The van der Waals surface area contributed by atoms with Gasteiger partial charge in [-0.1, -0.05) is 6.42 Å². The number of hydrogen-bond acceptors (Lipinski definition) is 3.